The fourth-order valence-corrected chi connectivity index (χ4v) is 7.46. The Hall–Kier alpha value is -4.81. The van der Waals surface area contributed by atoms with Crippen LogP contribution in [0, 0.1) is 5.95 Å². The zero-order valence-corrected chi connectivity index (χ0v) is 22.9. The van der Waals surface area contributed by atoms with E-state index in [2.05, 4.69) is 5.10 Å². The van der Waals surface area contributed by atoms with Crippen LogP contribution >= 0.6 is 0 Å². The van der Waals surface area contributed by atoms with Gasteiger partial charge in [0.1, 0.15) is 11.4 Å². The summed E-state index contributed by atoms with van der Waals surface area (Å²) in [6, 6.07) is 24.9. The van der Waals surface area contributed by atoms with Gasteiger partial charge in [0.15, 0.2) is 0 Å². The largest absolute Gasteiger partial charge is 0.497 e. The molecule has 12 heteroatoms. The maximum absolute atomic E-state index is 15.0. The van der Waals surface area contributed by atoms with E-state index in [0.29, 0.717) is 15.2 Å². The van der Waals surface area contributed by atoms with E-state index < -0.39 is 31.8 Å². The van der Waals surface area contributed by atoms with E-state index in [-0.39, 0.29) is 37.5 Å². The Morgan fingerprint density at radius 1 is 0.756 bits per heavy atom. The number of halogens is 1. The first kappa shape index (κ1) is 26.4. The van der Waals surface area contributed by atoms with Gasteiger partial charge in [-0.1, -0.05) is 36.4 Å². The molecule has 0 aliphatic carbocycles. The molecule has 2 aromatic heterocycles. The van der Waals surface area contributed by atoms with Crippen LogP contribution in [0.3, 0.4) is 0 Å². The number of carbonyl (C=O) groups excluding carboxylic acids is 1. The molecule has 0 radical (unpaired) electrons. The summed E-state index contributed by atoms with van der Waals surface area (Å²) in [6.45, 7) is 0. The van der Waals surface area contributed by atoms with Gasteiger partial charge in [-0.15, -0.1) is 5.10 Å². The Kier molecular flexibility index (Phi) is 6.24. The Morgan fingerprint density at radius 3 is 2.00 bits per heavy atom. The number of hydrogen-bond acceptors (Lipinski definition) is 7. The molecule has 206 valence electrons. The van der Waals surface area contributed by atoms with E-state index in [4.69, 9.17) is 4.74 Å². The van der Waals surface area contributed by atoms with Crippen molar-refractivity contribution in [3.63, 3.8) is 0 Å². The first-order valence-electron chi connectivity index (χ1n) is 12.2. The summed E-state index contributed by atoms with van der Waals surface area (Å²) in [5, 5.41) is 3.81. The van der Waals surface area contributed by atoms with Crippen LogP contribution in [0.2, 0.25) is 0 Å². The van der Waals surface area contributed by atoms with Gasteiger partial charge < -0.3 is 4.74 Å². The molecule has 0 aliphatic rings. The van der Waals surface area contributed by atoms with E-state index in [1.807, 2.05) is 0 Å². The number of nitrogens with zero attached hydrogens (tertiary/aromatic N) is 3. The quantitative estimate of drug-likeness (QED) is 0.245. The topological polar surface area (TPSA) is 117 Å². The second-order valence-electron chi connectivity index (χ2n) is 9.05. The third-order valence-corrected chi connectivity index (χ3v) is 9.96. The molecule has 0 atom stereocenters. The lowest BCUT2D eigenvalue weighted by molar-refractivity contribution is 0.103. The number of aromatic nitrogens is 3. The molecule has 6 aromatic rings. The lowest BCUT2D eigenvalue weighted by Crippen LogP contribution is -2.19. The summed E-state index contributed by atoms with van der Waals surface area (Å²) >= 11 is 0. The molecule has 0 bridgehead atoms. The number of carbonyl (C=O) groups is 1. The van der Waals surface area contributed by atoms with Gasteiger partial charge in [0.25, 0.3) is 20.0 Å². The first-order chi connectivity index (χ1) is 19.6. The fraction of sp³-hybridized carbons (Fsp3) is 0.0345. The minimum Gasteiger partial charge on any atom is -0.497 e. The highest BCUT2D eigenvalue weighted by Gasteiger charge is 2.29. The minimum atomic E-state index is -4.24. The molecule has 0 N–H and O–H groups in total. The van der Waals surface area contributed by atoms with Crippen molar-refractivity contribution in [2.45, 2.75) is 9.79 Å². The van der Waals surface area contributed by atoms with Crippen molar-refractivity contribution < 1.29 is 30.8 Å². The smallest absolute Gasteiger partial charge is 0.283 e. The summed E-state index contributed by atoms with van der Waals surface area (Å²) in [7, 11) is -7.00. The summed E-state index contributed by atoms with van der Waals surface area (Å²) < 4.78 is 75.6. The lowest BCUT2D eigenvalue weighted by Gasteiger charge is -2.12. The number of benzene rings is 4. The van der Waals surface area contributed by atoms with Crippen molar-refractivity contribution in [1.29, 1.82) is 0 Å². The molecule has 9 nitrogen and oxygen atoms in total. The van der Waals surface area contributed by atoms with Crippen molar-refractivity contribution in [2.24, 2.45) is 0 Å². The standard InChI is InChI=1S/C29H20FN3O6S2/c1-39-21-13-15-25-20(16-21)18-27(32(25)40(35,36)22-8-4-2-5-9-22)28(34)19-12-14-26-24(17-19)29(30)31-33(26)41(37,38)23-10-6-3-7-11-23/h2-18H,1H3. The van der Waals surface area contributed by atoms with Crippen molar-refractivity contribution in [3.8, 4) is 5.75 Å². The van der Waals surface area contributed by atoms with Crippen molar-refractivity contribution in [3.05, 3.63) is 120 Å². The Morgan fingerprint density at radius 2 is 1.37 bits per heavy atom. The van der Waals surface area contributed by atoms with Crippen LogP contribution in [-0.2, 0) is 20.0 Å². The maximum atomic E-state index is 15.0. The highest BCUT2D eigenvalue weighted by atomic mass is 32.2. The van der Waals surface area contributed by atoms with Crippen molar-refractivity contribution >= 4 is 47.6 Å². The van der Waals surface area contributed by atoms with Crippen molar-refractivity contribution in [1.82, 2.24) is 13.2 Å². The van der Waals surface area contributed by atoms with E-state index in [1.54, 1.807) is 36.4 Å². The van der Waals surface area contributed by atoms with Crippen molar-refractivity contribution in [2.75, 3.05) is 7.11 Å². The highest BCUT2D eigenvalue weighted by Crippen LogP contribution is 2.31. The van der Waals surface area contributed by atoms with E-state index in [0.717, 1.165) is 10.0 Å². The van der Waals surface area contributed by atoms with Gasteiger partial charge >= 0.3 is 0 Å². The summed E-state index contributed by atoms with van der Waals surface area (Å²) in [6.07, 6.45) is 0. The van der Waals surface area contributed by atoms with Gasteiger partial charge in [0.2, 0.25) is 11.7 Å². The molecule has 0 fully saturated rings. The number of rotatable bonds is 7. The predicted molar refractivity (Wildman–Crippen MR) is 150 cm³/mol. The molecule has 0 amide bonds. The van der Waals surface area contributed by atoms with Crippen LogP contribution in [0.25, 0.3) is 21.8 Å². The maximum Gasteiger partial charge on any atom is 0.283 e. The van der Waals surface area contributed by atoms with Crippen LogP contribution in [0.1, 0.15) is 16.1 Å². The Labute approximate surface area is 234 Å². The molecule has 2 heterocycles. The molecule has 0 saturated heterocycles. The summed E-state index contributed by atoms with van der Waals surface area (Å²) in [4.78, 5) is 13.7. The molecule has 0 unspecified atom stereocenters. The van der Waals surface area contributed by atoms with Gasteiger partial charge in [-0.25, -0.2) is 12.4 Å². The third-order valence-electron chi connectivity index (χ3n) is 6.61. The predicted octanol–water partition coefficient (Wildman–Crippen LogP) is 4.84. The summed E-state index contributed by atoms with van der Waals surface area (Å²) in [5.74, 6) is -1.36. The normalized spacial score (nSPS) is 12.1. The molecular formula is C29H20FN3O6S2. The third kappa shape index (κ3) is 4.28. The van der Waals surface area contributed by atoms with Crippen LogP contribution in [0.4, 0.5) is 4.39 Å². The van der Waals surface area contributed by atoms with E-state index in [9.17, 15) is 21.6 Å². The molecule has 0 spiro atoms. The fourth-order valence-electron chi connectivity index (χ4n) is 4.63. The Balaban J connectivity index is 1.52. The molecule has 0 saturated carbocycles. The number of hydrogen-bond donors (Lipinski definition) is 0. The Bertz CT molecular complexity index is 2190. The van der Waals surface area contributed by atoms with Gasteiger partial charge in [0.05, 0.1) is 33.3 Å². The first-order valence-corrected chi connectivity index (χ1v) is 15.0. The number of ketones is 1. The van der Waals surface area contributed by atoms with Crippen LogP contribution in [0.5, 0.6) is 5.75 Å². The molecular weight excluding hydrogens is 569 g/mol. The van der Waals surface area contributed by atoms with E-state index in [1.165, 1.54) is 67.8 Å². The average Bonchev–Trinajstić information content (AvgIpc) is 3.55. The average molecular weight is 590 g/mol. The zero-order valence-electron chi connectivity index (χ0n) is 21.3. The minimum absolute atomic E-state index is 0.0312. The second kappa shape index (κ2) is 9.68. The zero-order chi connectivity index (χ0) is 28.9. The molecule has 6 rings (SSSR count). The van der Waals surface area contributed by atoms with E-state index >= 15 is 4.39 Å². The monoisotopic (exact) mass is 589 g/mol. The molecule has 41 heavy (non-hydrogen) atoms. The SMILES string of the molecule is COc1ccc2c(c1)cc(C(=O)c1ccc3c(c1)c(F)nn3S(=O)(=O)c1ccccc1)n2S(=O)(=O)c1ccccc1. The number of ether oxygens (including phenoxy) is 1. The van der Waals surface area contributed by atoms with Crippen LogP contribution in [0.15, 0.2) is 113 Å². The number of methoxy groups -OCH3 is 1. The van der Waals surface area contributed by atoms with Crippen LogP contribution in [-0.4, -0.2) is 42.9 Å². The van der Waals surface area contributed by atoms with Gasteiger partial charge in [-0.2, -0.15) is 16.9 Å². The van der Waals surface area contributed by atoms with Gasteiger partial charge in [-0.3, -0.25) is 4.79 Å². The second-order valence-corrected chi connectivity index (χ2v) is 12.6. The summed E-state index contributed by atoms with van der Waals surface area (Å²) in [5.41, 5.74) is -0.0920. The highest BCUT2D eigenvalue weighted by molar-refractivity contribution is 7.90. The van der Waals surface area contributed by atoms with Gasteiger partial charge in [-0.05, 0) is 66.7 Å². The van der Waals surface area contributed by atoms with Crippen LogP contribution < -0.4 is 4.74 Å². The van der Waals surface area contributed by atoms with Gasteiger partial charge in [0, 0.05) is 10.9 Å². The molecule has 4 aromatic carbocycles. The molecule has 0 aliphatic heterocycles. The number of fused-ring (bicyclic) bond motifs is 2. The lowest BCUT2D eigenvalue weighted by atomic mass is 10.1.